The van der Waals surface area contributed by atoms with E-state index in [9.17, 15) is 0 Å². The number of ether oxygens (including phenoxy) is 3. The summed E-state index contributed by atoms with van der Waals surface area (Å²) in [6, 6.07) is 29.7. The smallest absolute Gasteiger partial charge is 0.225 e. The van der Waals surface area contributed by atoms with Crippen molar-refractivity contribution in [2.24, 2.45) is 5.73 Å². The van der Waals surface area contributed by atoms with Gasteiger partial charge in [0, 0.05) is 18.2 Å². The highest BCUT2D eigenvalue weighted by atomic mass is 35.5. The lowest BCUT2D eigenvalue weighted by Gasteiger charge is -2.15. The Morgan fingerprint density at radius 2 is 1.36 bits per heavy atom. The van der Waals surface area contributed by atoms with E-state index in [1.165, 1.54) is 0 Å². The number of pyridine rings is 1. The lowest BCUT2D eigenvalue weighted by Crippen LogP contribution is -2.03. The van der Waals surface area contributed by atoms with Gasteiger partial charge in [0.05, 0.1) is 7.11 Å². The first-order valence-corrected chi connectivity index (χ1v) is 10.5. The summed E-state index contributed by atoms with van der Waals surface area (Å²) in [5.41, 5.74) is 10.8. The number of hydrogen-bond donors (Lipinski definition) is 1. The Morgan fingerprint density at radius 3 is 1.97 bits per heavy atom. The number of nitrogens with zero attached hydrogens (tertiary/aromatic N) is 1. The fourth-order valence-corrected chi connectivity index (χ4v) is 3.34. The number of hydrogen-bond acceptors (Lipinski definition) is 5. The van der Waals surface area contributed by atoms with E-state index in [1.807, 2.05) is 91.0 Å². The molecule has 2 N–H and O–H groups in total. The molecule has 0 bridgehead atoms. The third kappa shape index (κ3) is 6.48. The van der Waals surface area contributed by atoms with Crippen LogP contribution in [0.4, 0.5) is 0 Å². The number of aromatic nitrogens is 1. The first kappa shape index (κ1) is 24.1. The fourth-order valence-electron chi connectivity index (χ4n) is 3.34. The summed E-state index contributed by atoms with van der Waals surface area (Å²) < 4.78 is 17.5. The zero-order valence-corrected chi connectivity index (χ0v) is 19.3. The summed E-state index contributed by atoms with van der Waals surface area (Å²) in [6.07, 6.45) is 0. The van der Waals surface area contributed by atoms with Crippen LogP contribution in [0.15, 0.2) is 91.0 Å². The van der Waals surface area contributed by atoms with Crippen LogP contribution in [0.25, 0.3) is 11.1 Å². The minimum Gasteiger partial charge on any atom is -0.497 e. The van der Waals surface area contributed by atoms with Crippen molar-refractivity contribution in [3.63, 3.8) is 0 Å². The summed E-state index contributed by atoms with van der Waals surface area (Å²) in [4.78, 5) is 4.67. The van der Waals surface area contributed by atoms with Crippen molar-refractivity contribution in [3.05, 3.63) is 108 Å². The van der Waals surface area contributed by atoms with Crippen LogP contribution in [0, 0.1) is 0 Å². The molecule has 33 heavy (non-hydrogen) atoms. The second kappa shape index (κ2) is 11.9. The number of methoxy groups -OCH3 is 1. The van der Waals surface area contributed by atoms with E-state index in [-0.39, 0.29) is 12.4 Å². The average molecular weight is 463 g/mol. The van der Waals surface area contributed by atoms with Gasteiger partial charge >= 0.3 is 0 Å². The molecule has 0 radical (unpaired) electrons. The van der Waals surface area contributed by atoms with Crippen LogP contribution < -0.4 is 19.9 Å². The molecule has 4 aromatic rings. The van der Waals surface area contributed by atoms with Gasteiger partial charge in [0.2, 0.25) is 11.8 Å². The van der Waals surface area contributed by atoms with Crippen molar-refractivity contribution in [3.8, 4) is 28.6 Å². The van der Waals surface area contributed by atoms with Gasteiger partial charge in [0.15, 0.2) is 0 Å². The Balaban J connectivity index is 0.00000306. The largest absolute Gasteiger partial charge is 0.497 e. The van der Waals surface area contributed by atoms with Gasteiger partial charge in [-0.2, -0.15) is 4.98 Å². The van der Waals surface area contributed by atoms with Crippen molar-refractivity contribution >= 4 is 12.4 Å². The van der Waals surface area contributed by atoms with Crippen LogP contribution in [0.5, 0.6) is 17.5 Å². The number of nitrogens with two attached hydrogens (primary N) is 1. The van der Waals surface area contributed by atoms with Gasteiger partial charge in [-0.15, -0.1) is 12.4 Å². The van der Waals surface area contributed by atoms with Crippen molar-refractivity contribution in [2.45, 2.75) is 19.8 Å². The molecule has 0 aliphatic carbocycles. The topological polar surface area (TPSA) is 66.6 Å². The molecule has 0 aliphatic rings. The highest BCUT2D eigenvalue weighted by Crippen LogP contribution is 2.34. The Labute approximate surface area is 200 Å². The Hall–Kier alpha value is -3.54. The molecule has 0 unspecified atom stereocenters. The van der Waals surface area contributed by atoms with Crippen LogP contribution in [-0.4, -0.2) is 12.1 Å². The molecule has 0 spiro atoms. The SMILES string of the molecule is COc1cc(CN)cc(-c2ccc(OCc3ccccc3)nc2OCc2ccccc2)c1.Cl. The molecule has 0 atom stereocenters. The molecule has 5 nitrogen and oxygen atoms in total. The third-order valence-electron chi connectivity index (χ3n) is 5.03. The minimum absolute atomic E-state index is 0. The van der Waals surface area contributed by atoms with Crippen molar-refractivity contribution in [1.29, 1.82) is 0 Å². The monoisotopic (exact) mass is 462 g/mol. The van der Waals surface area contributed by atoms with E-state index < -0.39 is 0 Å². The van der Waals surface area contributed by atoms with Gasteiger partial charge in [0.1, 0.15) is 19.0 Å². The molecule has 0 fully saturated rings. The van der Waals surface area contributed by atoms with Crippen molar-refractivity contribution < 1.29 is 14.2 Å². The molecular weight excluding hydrogens is 436 g/mol. The second-order valence-electron chi connectivity index (χ2n) is 7.32. The molecule has 0 aliphatic heterocycles. The standard InChI is InChI=1S/C27H26N2O3.ClH/c1-30-24-15-22(17-28)14-23(16-24)25-12-13-26(31-18-20-8-4-2-5-9-20)29-27(25)32-19-21-10-6-3-7-11-21;/h2-16H,17-19,28H2,1H3;1H. The maximum Gasteiger partial charge on any atom is 0.225 e. The second-order valence-corrected chi connectivity index (χ2v) is 7.32. The highest BCUT2D eigenvalue weighted by molar-refractivity contribution is 5.85. The van der Waals surface area contributed by atoms with E-state index in [4.69, 9.17) is 19.9 Å². The first-order valence-electron chi connectivity index (χ1n) is 10.5. The van der Waals surface area contributed by atoms with Crippen LogP contribution in [0.1, 0.15) is 16.7 Å². The molecule has 3 aromatic carbocycles. The molecule has 0 saturated heterocycles. The van der Waals surface area contributed by atoms with Crippen molar-refractivity contribution in [1.82, 2.24) is 4.98 Å². The quantitative estimate of drug-likeness (QED) is 0.340. The van der Waals surface area contributed by atoms with Gasteiger partial charge in [0.25, 0.3) is 0 Å². The molecule has 1 heterocycles. The first-order chi connectivity index (χ1) is 15.7. The van der Waals surface area contributed by atoms with E-state index in [0.29, 0.717) is 31.5 Å². The maximum atomic E-state index is 6.15. The summed E-state index contributed by atoms with van der Waals surface area (Å²) in [6.45, 7) is 1.24. The zero-order chi connectivity index (χ0) is 22.2. The predicted octanol–water partition coefficient (Wildman–Crippen LogP) is 5.80. The van der Waals surface area contributed by atoms with Crippen molar-refractivity contribution in [2.75, 3.05) is 7.11 Å². The Kier molecular flexibility index (Phi) is 8.70. The van der Waals surface area contributed by atoms with Crippen LogP contribution in [-0.2, 0) is 19.8 Å². The molecule has 170 valence electrons. The van der Waals surface area contributed by atoms with Crippen LogP contribution >= 0.6 is 12.4 Å². The molecule has 6 heteroatoms. The van der Waals surface area contributed by atoms with Gasteiger partial charge < -0.3 is 19.9 Å². The number of rotatable bonds is 9. The summed E-state index contributed by atoms with van der Waals surface area (Å²) >= 11 is 0. The molecule has 1 aromatic heterocycles. The number of benzene rings is 3. The van der Waals surface area contributed by atoms with E-state index in [0.717, 1.165) is 33.6 Å². The summed E-state index contributed by atoms with van der Waals surface area (Å²) in [7, 11) is 1.64. The van der Waals surface area contributed by atoms with Gasteiger partial charge in [-0.05, 0) is 46.5 Å². The molecule has 0 amide bonds. The lowest BCUT2D eigenvalue weighted by molar-refractivity contribution is 0.268. The fraction of sp³-hybridized carbons (Fsp3) is 0.148. The molecular formula is C27H27ClN2O3. The maximum absolute atomic E-state index is 6.15. The van der Waals surface area contributed by atoms with Gasteiger partial charge in [-0.25, -0.2) is 0 Å². The van der Waals surface area contributed by atoms with E-state index in [2.05, 4.69) is 4.98 Å². The third-order valence-corrected chi connectivity index (χ3v) is 5.03. The van der Waals surface area contributed by atoms with Gasteiger partial charge in [-0.3, -0.25) is 0 Å². The van der Waals surface area contributed by atoms with E-state index >= 15 is 0 Å². The van der Waals surface area contributed by atoms with E-state index in [1.54, 1.807) is 7.11 Å². The Bertz CT molecular complexity index is 1130. The normalized spacial score (nSPS) is 10.2. The zero-order valence-electron chi connectivity index (χ0n) is 18.4. The highest BCUT2D eigenvalue weighted by Gasteiger charge is 2.13. The molecule has 0 saturated carbocycles. The lowest BCUT2D eigenvalue weighted by atomic mass is 10.0. The predicted molar refractivity (Wildman–Crippen MR) is 133 cm³/mol. The number of halogens is 1. The van der Waals surface area contributed by atoms with Crippen LogP contribution in [0.2, 0.25) is 0 Å². The Morgan fingerprint density at radius 1 is 0.727 bits per heavy atom. The summed E-state index contributed by atoms with van der Waals surface area (Å²) in [5, 5.41) is 0. The summed E-state index contributed by atoms with van der Waals surface area (Å²) in [5.74, 6) is 1.74. The average Bonchev–Trinajstić information content (AvgIpc) is 2.87. The minimum atomic E-state index is 0. The van der Waals surface area contributed by atoms with Crippen LogP contribution in [0.3, 0.4) is 0 Å². The van der Waals surface area contributed by atoms with Gasteiger partial charge in [-0.1, -0.05) is 60.7 Å². The molecule has 4 rings (SSSR count).